The van der Waals surface area contributed by atoms with E-state index in [-0.39, 0.29) is 23.1 Å². The number of rotatable bonds is 10. The third-order valence-electron chi connectivity index (χ3n) is 7.91. The van der Waals surface area contributed by atoms with Gasteiger partial charge in [-0.2, -0.15) is 4.31 Å². The topological polar surface area (TPSA) is 93.1 Å². The molecule has 1 aliphatic heterocycles. The van der Waals surface area contributed by atoms with Crippen LogP contribution < -0.4 is 10.4 Å². The molecular weight excluding hydrogens is 555 g/mol. The Morgan fingerprint density at radius 1 is 1.02 bits per heavy atom. The van der Waals surface area contributed by atoms with Crippen molar-refractivity contribution in [3.8, 4) is 0 Å². The lowest BCUT2D eigenvalue weighted by Gasteiger charge is -2.44. The lowest BCUT2D eigenvalue weighted by molar-refractivity contribution is 0.00633. The molecule has 0 spiro atoms. The number of aliphatic hydroxyl groups excluding tert-OH is 1. The van der Waals surface area contributed by atoms with Gasteiger partial charge in [0.25, 0.3) is 18.3 Å². The number of sulfonamides is 1. The molecule has 3 aromatic carbocycles. The molecule has 3 atom stereocenters. The molecule has 3 aromatic rings. The Bertz CT molecular complexity index is 1430. The van der Waals surface area contributed by atoms with Gasteiger partial charge in [-0.05, 0) is 34.5 Å². The van der Waals surface area contributed by atoms with Crippen molar-refractivity contribution in [1.82, 2.24) is 4.31 Å². The Labute approximate surface area is 244 Å². The first-order valence-corrected chi connectivity index (χ1v) is 17.0. The number of carbonyl (C=O) groups is 1. The number of aliphatic hydroxyl groups is 1. The zero-order valence-electron chi connectivity index (χ0n) is 24.3. The zero-order chi connectivity index (χ0) is 30.1. The molecular formula is C32H39NO6SSi. The largest absolute Gasteiger partial charge is 0.446 e. The van der Waals surface area contributed by atoms with Crippen molar-refractivity contribution in [2.75, 3.05) is 13.2 Å². The lowest BCUT2D eigenvalue weighted by atomic mass is 9.86. The van der Waals surface area contributed by atoms with Gasteiger partial charge in [0.1, 0.15) is 12.1 Å². The van der Waals surface area contributed by atoms with Crippen molar-refractivity contribution in [1.29, 1.82) is 0 Å². The Hall–Kier alpha value is -3.24. The van der Waals surface area contributed by atoms with E-state index in [1.807, 2.05) is 43.3 Å². The van der Waals surface area contributed by atoms with Crippen molar-refractivity contribution >= 4 is 34.8 Å². The van der Waals surface area contributed by atoms with Crippen LogP contribution in [0.3, 0.4) is 0 Å². The summed E-state index contributed by atoms with van der Waals surface area (Å²) in [6.07, 6.45) is -1.11. The van der Waals surface area contributed by atoms with Gasteiger partial charge in [0.2, 0.25) is 0 Å². The number of hydrogen-bond donors (Lipinski definition) is 1. The number of amides is 1. The maximum atomic E-state index is 13.7. The molecule has 0 saturated carbocycles. The minimum Gasteiger partial charge on any atom is -0.446 e. The van der Waals surface area contributed by atoms with Gasteiger partial charge in [0.05, 0.1) is 11.0 Å². The second-order valence-electron chi connectivity index (χ2n) is 11.7. The van der Waals surface area contributed by atoms with E-state index in [2.05, 4.69) is 51.6 Å². The normalized spacial score (nSPS) is 19.5. The van der Waals surface area contributed by atoms with Crippen LogP contribution in [0.1, 0.15) is 33.3 Å². The first-order valence-electron chi connectivity index (χ1n) is 13.7. The highest BCUT2D eigenvalue weighted by molar-refractivity contribution is 7.89. The average molecular weight is 594 g/mol. The van der Waals surface area contributed by atoms with Crippen LogP contribution in [0.4, 0.5) is 4.79 Å². The van der Waals surface area contributed by atoms with E-state index in [0.29, 0.717) is 4.31 Å². The first kappa shape index (κ1) is 30.7. The highest BCUT2D eigenvalue weighted by atomic mass is 32.2. The van der Waals surface area contributed by atoms with Crippen LogP contribution in [0, 0.1) is 12.8 Å². The van der Waals surface area contributed by atoms with Gasteiger partial charge < -0.3 is 14.3 Å². The van der Waals surface area contributed by atoms with Gasteiger partial charge in [-0.3, -0.25) is 0 Å². The van der Waals surface area contributed by atoms with Crippen molar-refractivity contribution < 1.29 is 27.5 Å². The van der Waals surface area contributed by atoms with Gasteiger partial charge in [0, 0.05) is 12.5 Å². The van der Waals surface area contributed by atoms with Crippen LogP contribution in [0.5, 0.6) is 0 Å². The van der Waals surface area contributed by atoms with Crippen molar-refractivity contribution in [2.45, 2.75) is 56.2 Å². The van der Waals surface area contributed by atoms with E-state index in [9.17, 15) is 18.3 Å². The summed E-state index contributed by atoms with van der Waals surface area (Å²) in [5, 5.41) is 13.7. The third kappa shape index (κ3) is 5.39. The lowest BCUT2D eigenvalue weighted by Crippen LogP contribution is -2.67. The second-order valence-corrected chi connectivity index (χ2v) is 17.8. The number of hydrogen-bond acceptors (Lipinski definition) is 6. The molecule has 9 heteroatoms. The third-order valence-corrected chi connectivity index (χ3v) is 14.8. The van der Waals surface area contributed by atoms with Crippen molar-refractivity contribution in [3.05, 3.63) is 103 Å². The van der Waals surface area contributed by atoms with Crippen molar-refractivity contribution in [3.63, 3.8) is 0 Å². The molecule has 1 amide bonds. The van der Waals surface area contributed by atoms with E-state index in [0.717, 1.165) is 15.9 Å². The summed E-state index contributed by atoms with van der Waals surface area (Å²) in [6.45, 7) is 13.7. The summed E-state index contributed by atoms with van der Waals surface area (Å²) >= 11 is 0. The first-order chi connectivity index (χ1) is 19.3. The summed E-state index contributed by atoms with van der Waals surface area (Å²) < 4.78 is 40.3. The Morgan fingerprint density at radius 3 is 2.00 bits per heavy atom. The van der Waals surface area contributed by atoms with E-state index in [4.69, 9.17) is 9.16 Å². The predicted molar refractivity (Wildman–Crippen MR) is 163 cm³/mol. The molecule has 0 unspecified atom stereocenters. The van der Waals surface area contributed by atoms with E-state index < -0.39 is 42.0 Å². The summed E-state index contributed by atoms with van der Waals surface area (Å²) in [5.74, 6) is -0.597. The molecule has 41 heavy (non-hydrogen) atoms. The number of benzene rings is 3. The molecule has 1 fully saturated rings. The molecule has 0 aliphatic carbocycles. The van der Waals surface area contributed by atoms with Crippen LogP contribution >= 0.6 is 0 Å². The Kier molecular flexibility index (Phi) is 8.66. The summed E-state index contributed by atoms with van der Waals surface area (Å²) in [5.41, 5.74) is -0.841. The number of cyclic esters (lactones) is 1. The molecule has 0 bridgehead atoms. The highest BCUT2D eigenvalue weighted by Gasteiger charge is 2.58. The van der Waals surface area contributed by atoms with Crippen LogP contribution in [-0.2, 0) is 19.2 Å². The molecule has 0 radical (unpaired) electrons. The van der Waals surface area contributed by atoms with Crippen LogP contribution in [0.25, 0.3) is 0 Å². The highest BCUT2D eigenvalue weighted by Crippen LogP contribution is 2.40. The standard InChI is InChI=1S/C32H39NO6SSi/c1-7-32(23-38-30(35)33(32)40(36,37)26-20-18-24(2)19-21-26)29(34)25(3)22-39-41(31(4,5)6,27-14-10-8-11-15-27)28-16-12-9-13-17-28/h7-21,25,29,34H,1,22-23H2,2-6H3/t25-,29+,32-/m1/s1. The van der Waals surface area contributed by atoms with Gasteiger partial charge in [-0.25, -0.2) is 13.2 Å². The molecule has 7 nitrogen and oxygen atoms in total. The van der Waals surface area contributed by atoms with Crippen molar-refractivity contribution in [2.24, 2.45) is 5.92 Å². The molecule has 1 aliphatic rings. The SMILES string of the molecule is C=C[C@]1([C@@H](O)[C@H](C)CO[Si](c2ccccc2)(c2ccccc2)C(C)(C)C)COC(=O)N1S(=O)(=O)c1ccc(C)cc1. The molecule has 1 N–H and O–H groups in total. The Morgan fingerprint density at radius 2 is 1.54 bits per heavy atom. The molecule has 0 aromatic heterocycles. The van der Waals surface area contributed by atoms with Crippen LogP contribution in [-0.4, -0.2) is 57.1 Å². The predicted octanol–water partition coefficient (Wildman–Crippen LogP) is 4.63. The minimum absolute atomic E-state index is 0.0726. The zero-order valence-corrected chi connectivity index (χ0v) is 26.1. The maximum Gasteiger partial charge on any atom is 0.424 e. The molecule has 1 heterocycles. The van der Waals surface area contributed by atoms with Gasteiger partial charge in [0.15, 0.2) is 0 Å². The fourth-order valence-corrected chi connectivity index (χ4v) is 12.0. The van der Waals surface area contributed by atoms with Gasteiger partial charge >= 0.3 is 6.09 Å². The monoisotopic (exact) mass is 593 g/mol. The fourth-order valence-electron chi connectivity index (χ4n) is 5.67. The molecule has 1 saturated heterocycles. The van der Waals surface area contributed by atoms with E-state index in [1.54, 1.807) is 19.1 Å². The molecule has 218 valence electrons. The summed E-state index contributed by atoms with van der Waals surface area (Å²) in [7, 11) is -7.28. The minimum atomic E-state index is -4.36. The second kappa shape index (κ2) is 11.6. The smallest absolute Gasteiger partial charge is 0.424 e. The summed E-state index contributed by atoms with van der Waals surface area (Å²) in [4.78, 5) is 12.9. The fraction of sp³-hybridized carbons (Fsp3) is 0.344. The van der Waals surface area contributed by atoms with Crippen LogP contribution in [0.2, 0.25) is 5.04 Å². The van der Waals surface area contributed by atoms with Gasteiger partial charge in [-0.15, -0.1) is 6.58 Å². The number of aryl methyl sites for hydroxylation is 1. The van der Waals surface area contributed by atoms with E-state index >= 15 is 0 Å². The summed E-state index contributed by atoms with van der Waals surface area (Å²) in [6, 6.07) is 26.4. The van der Waals surface area contributed by atoms with Gasteiger partial charge in [-0.1, -0.05) is 112 Å². The number of carbonyl (C=O) groups excluding carboxylic acids is 1. The maximum absolute atomic E-state index is 13.7. The average Bonchev–Trinajstić information content (AvgIpc) is 3.31. The number of nitrogens with zero attached hydrogens (tertiary/aromatic N) is 1. The quantitative estimate of drug-likeness (QED) is 0.272. The van der Waals surface area contributed by atoms with Crippen LogP contribution in [0.15, 0.2) is 102 Å². The van der Waals surface area contributed by atoms with E-state index in [1.165, 1.54) is 18.2 Å². The molecule has 4 rings (SSSR count). The Balaban J connectivity index is 1.72. The number of ether oxygens (including phenoxy) is 1.